The minimum Gasteiger partial charge on any atom is -0.380 e. The number of halogens is 1. The molecule has 0 spiro atoms. The van der Waals surface area contributed by atoms with Crippen LogP contribution in [-0.4, -0.2) is 11.9 Å². The van der Waals surface area contributed by atoms with Gasteiger partial charge in [0.2, 0.25) is 5.91 Å². The molecule has 1 aliphatic rings. The zero-order valence-corrected chi connectivity index (χ0v) is 11.5. The van der Waals surface area contributed by atoms with E-state index in [1.807, 2.05) is 0 Å². The van der Waals surface area contributed by atoms with Gasteiger partial charge in [0.15, 0.2) is 0 Å². The predicted molar refractivity (Wildman–Crippen MR) is 75.7 cm³/mol. The lowest BCUT2D eigenvalue weighted by atomic mass is 10.0. The van der Waals surface area contributed by atoms with Crippen molar-refractivity contribution in [2.24, 2.45) is 5.92 Å². The first-order chi connectivity index (χ1) is 9.10. The summed E-state index contributed by atoms with van der Waals surface area (Å²) in [5.74, 6) is 0.199. The lowest BCUT2D eigenvalue weighted by Crippen LogP contribution is -2.24. The average Bonchev–Trinajstić information content (AvgIpc) is 2.80. The van der Waals surface area contributed by atoms with Crippen molar-refractivity contribution in [3.05, 3.63) is 24.0 Å². The number of carbonyl (C=O) groups is 1. The Morgan fingerprint density at radius 3 is 2.89 bits per heavy atom. The third kappa shape index (κ3) is 3.46. The summed E-state index contributed by atoms with van der Waals surface area (Å²) in [6.07, 6.45) is 4.61. The van der Waals surface area contributed by atoms with Gasteiger partial charge in [-0.2, -0.15) is 0 Å². The third-order valence-electron chi connectivity index (χ3n) is 3.81. The molecule has 4 heteroatoms. The Labute approximate surface area is 113 Å². The highest BCUT2D eigenvalue weighted by Gasteiger charge is 2.26. The molecule has 2 atom stereocenters. The second kappa shape index (κ2) is 6.04. The molecule has 1 aliphatic carbocycles. The van der Waals surface area contributed by atoms with Crippen LogP contribution in [0.4, 0.5) is 15.8 Å². The highest BCUT2D eigenvalue weighted by molar-refractivity contribution is 5.89. The molecule has 0 aliphatic heterocycles. The van der Waals surface area contributed by atoms with E-state index >= 15 is 0 Å². The molecule has 2 N–H and O–H groups in total. The number of anilines is 2. The summed E-state index contributed by atoms with van der Waals surface area (Å²) in [6, 6.07) is 4.98. The van der Waals surface area contributed by atoms with E-state index in [9.17, 15) is 9.18 Å². The summed E-state index contributed by atoms with van der Waals surface area (Å²) in [5.41, 5.74) is 1.11. The fourth-order valence-corrected chi connectivity index (χ4v) is 2.83. The molecule has 19 heavy (non-hydrogen) atoms. The second-order valence-electron chi connectivity index (χ2n) is 5.23. The summed E-state index contributed by atoms with van der Waals surface area (Å²) >= 11 is 0. The van der Waals surface area contributed by atoms with Crippen molar-refractivity contribution in [2.45, 2.75) is 45.6 Å². The lowest BCUT2D eigenvalue weighted by Gasteiger charge is -2.21. The van der Waals surface area contributed by atoms with Crippen molar-refractivity contribution in [1.82, 2.24) is 0 Å². The monoisotopic (exact) mass is 264 g/mol. The van der Waals surface area contributed by atoms with E-state index in [2.05, 4.69) is 17.6 Å². The molecule has 3 nitrogen and oxygen atoms in total. The first kappa shape index (κ1) is 13.8. The predicted octanol–water partition coefficient (Wildman–Crippen LogP) is 3.77. The van der Waals surface area contributed by atoms with Gasteiger partial charge < -0.3 is 10.6 Å². The van der Waals surface area contributed by atoms with Gasteiger partial charge in [0.25, 0.3) is 0 Å². The minimum atomic E-state index is -0.268. The maximum Gasteiger partial charge on any atom is 0.221 e. The number of benzene rings is 1. The standard InChI is InChI=1S/C15H21FN2O/c1-3-11-5-4-6-14(11)18-15-9-12(17-10(2)19)7-8-13(15)16/h7-9,11,14,18H,3-6H2,1-2H3,(H,17,19). The zero-order valence-electron chi connectivity index (χ0n) is 11.5. The Balaban J connectivity index is 2.12. The van der Waals surface area contributed by atoms with Gasteiger partial charge in [-0.1, -0.05) is 19.8 Å². The van der Waals surface area contributed by atoms with Gasteiger partial charge >= 0.3 is 0 Å². The lowest BCUT2D eigenvalue weighted by molar-refractivity contribution is -0.114. The first-order valence-corrected chi connectivity index (χ1v) is 6.94. The van der Waals surface area contributed by atoms with Gasteiger partial charge in [-0.3, -0.25) is 4.79 Å². The number of nitrogens with one attached hydrogen (secondary N) is 2. The Kier molecular flexibility index (Phi) is 4.40. The van der Waals surface area contributed by atoms with Crippen molar-refractivity contribution in [3.63, 3.8) is 0 Å². The number of rotatable bonds is 4. The maximum absolute atomic E-state index is 13.8. The molecule has 2 unspecified atom stereocenters. The molecule has 2 rings (SSSR count). The van der Waals surface area contributed by atoms with E-state index in [1.54, 1.807) is 12.1 Å². The van der Waals surface area contributed by atoms with Crippen LogP contribution >= 0.6 is 0 Å². The Morgan fingerprint density at radius 1 is 1.42 bits per heavy atom. The molecule has 104 valence electrons. The van der Waals surface area contributed by atoms with Crippen LogP contribution < -0.4 is 10.6 Å². The summed E-state index contributed by atoms with van der Waals surface area (Å²) in [7, 11) is 0. The fourth-order valence-electron chi connectivity index (χ4n) is 2.83. The normalized spacial score (nSPS) is 22.3. The molecule has 1 fully saturated rings. The van der Waals surface area contributed by atoms with Crippen LogP contribution in [0.2, 0.25) is 0 Å². The van der Waals surface area contributed by atoms with E-state index in [0.29, 0.717) is 23.3 Å². The molecule has 1 aromatic carbocycles. The third-order valence-corrected chi connectivity index (χ3v) is 3.81. The number of hydrogen-bond acceptors (Lipinski definition) is 2. The second-order valence-corrected chi connectivity index (χ2v) is 5.23. The van der Waals surface area contributed by atoms with Crippen LogP contribution in [0.25, 0.3) is 0 Å². The largest absolute Gasteiger partial charge is 0.380 e. The van der Waals surface area contributed by atoms with Crippen LogP contribution in [0.15, 0.2) is 18.2 Å². The number of hydrogen-bond donors (Lipinski definition) is 2. The van der Waals surface area contributed by atoms with Crippen LogP contribution in [0, 0.1) is 11.7 Å². The number of carbonyl (C=O) groups excluding carboxylic acids is 1. The Bertz CT molecular complexity index is 461. The summed E-state index contributed by atoms with van der Waals surface area (Å²) in [4.78, 5) is 11.0. The molecule has 0 radical (unpaired) electrons. The van der Waals surface area contributed by atoms with Gasteiger partial charge in [-0.25, -0.2) is 4.39 Å². The first-order valence-electron chi connectivity index (χ1n) is 6.94. The van der Waals surface area contributed by atoms with E-state index in [-0.39, 0.29) is 11.7 Å². The molecule has 1 amide bonds. The highest BCUT2D eigenvalue weighted by Crippen LogP contribution is 2.32. The smallest absolute Gasteiger partial charge is 0.221 e. The molecular weight excluding hydrogens is 243 g/mol. The Hall–Kier alpha value is -1.58. The van der Waals surface area contributed by atoms with Crippen LogP contribution in [0.3, 0.4) is 0 Å². The van der Waals surface area contributed by atoms with Gasteiger partial charge in [0.05, 0.1) is 5.69 Å². The van der Waals surface area contributed by atoms with Crippen LogP contribution in [0.5, 0.6) is 0 Å². The quantitative estimate of drug-likeness (QED) is 0.869. The van der Waals surface area contributed by atoms with Crippen molar-refractivity contribution in [3.8, 4) is 0 Å². The SMILES string of the molecule is CCC1CCCC1Nc1cc(NC(C)=O)ccc1F. The highest BCUT2D eigenvalue weighted by atomic mass is 19.1. The molecular formula is C15H21FN2O. The fraction of sp³-hybridized carbons (Fsp3) is 0.533. The number of amides is 1. The maximum atomic E-state index is 13.8. The minimum absolute atomic E-state index is 0.148. The molecule has 0 aromatic heterocycles. The zero-order chi connectivity index (χ0) is 13.8. The summed E-state index contributed by atoms with van der Waals surface area (Å²) in [6.45, 7) is 3.62. The van der Waals surface area contributed by atoms with E-state index in [4.69, 9.17) is 0 Å². The molecule has 1 saturated carbocycles. The van der Waals surface area contributed by atoms with Crippen LogP contribution in [0.1, 0.15) is 39.5 Å². The van der Waals surface area contributed by atoms with Gasteiger partial charge in [0.1, 0.15) is 5.82 Å². The van der Waals surface area contributed by atoms with E-state index in [0.717, 1.165) is 12.8 Å². The molecule has 0 bridgehead atoms. The van der Waals surface area contributed by atoms with Gasteiger partial charge in [-0.05, 0) is 37.0 Å². The summed E-state index contributed by atoms with van der Waals surface area (Å²) < 4.78 is 13.8. The van der Waals surface area contributed by atoms with E-state index < -0.39 is 0 Å². The van der Waals surface area contributed by atoms with Crippen molar-refractivity contribution < 1.29 is 9.18 Å². The van der Waals surface area contributed by atoms with Crippen molar-refractivity contribution >= 4 is 17.3 Å². The summed E-state index contributed by atoms with van der Waals surface area (Å²) in [5, 5.41) is 5.97. The van der Waals surface area contributed by atoms with Crippen molar-refractivity contribution in [1.29, 1.82) is 0 Å². The van der Waals surface area contributed by atoms with Crippen molar-refractivity contribution in [2.75, 3.05) is 10.6 Å². The topological polar surface area (TPSA) is 41.1 Å². The van der Waals surface area contributed by atoms with Crippen LogP contribution in [-0.2, 0) is 4.79 Å². The molecule has 0 heterocycles. The van der Waals surface area contributed by atoms with Gasteiger partial charge in [-0.15, -0.1) is 0 Å². The Morgan fingerprint density at radius 2 is 2.21 bits per heavy atom. The van der Waals surface area contributed by atoms with E-state index in [1.165, 1.54) is 25.8 Å². The van der Waals surface area contributed by atoms with Gasteiger partial charge in [0, 0.05) is 18.7 Å². The molecule has 0 saturated heterocycles. The average molecular weight is 264 g/mol. The molecule has 1 aromatic rings.